The summed E-state index contributed by atoms with van der Waals surface area (Å²) in [7, 11) is 0. The molecule has 3 rings (SSSR count). The summed E-state index contributed by atoms with van der Waals surface area (Å²) in [6.07, 6.45) is 13.3. The monoisotopic (exact) mass is 327 g/mol. The average molecular weight is 327 g/mol. The van der Waals surface area contributed by atoms with Crippen molar-refractivity contribution in [2.75, 3.05) is 13.1 Å². The molecule has 1 aromatic heterocycles. The van der Waals surface area contributed by atoms with Gasteiger partial charge in [0.15, 0.2) is 0 Å². The van der Waals surface area contributed by atoms with E-state index in [0.29, 0.717) is 6.04 Å². The maximum absolute atomic E-state index is 12.9. The second-order valence-electron chi connectivity index (χ2n) is 6.55. The molecule has 1 fully saturated rings. The second-order valence-corrected chi connectivity index (χ2v) is 6.55. The summed E-state index contributed by atoms with van der Waals surface area (Å²) >= 11 is 0. The van der Waals surface area contributed by atoms with Crippen LogP contribution in [0.25, 0.3) is 6.08 Å². The molecule has 128 valence electrons. The van der Waals surface area contributed by atoms with Gasteiger partial charge in [0, 0.05) is 31.5 Å². The fourth-order valence-electron chi connectivity index (χ4n) is 3.45. The Kier molecular flexibility index (Phi) is 5.81. The van der Waals surface area contributed by atoms with E-state index < -0.39 is 0 Å². The molecule has 1 aromatic carbocycles. The van der Waals surface area contributed by atoms with E-state index in [4.69, 9.17) is 0 Å². The van der Waals surface area contributed by atoms with Crippen LogP contribution in [-0.2, 0) is 6.54 Å². The first-order valence-electron chi connectivity index (χ1n) is 8.86. The zero-order chi connectivity index (χ0) is 16.8. The molecule has 1 aliphatic rings. The maximum Gasteiger partial charge on any atom is 0.123 e. The highest BCUT2D eigenvalue weighted by atomic mass is 19.1. The van der Waals surface area contributed by atoms with Crippen LogP contribution in [0.15, 0.2) is 42.7 Å². The van der Waals surface area contributed by atoms with E-state index in [1.165, 1.54) is 44.4 Å². The van der Waals surface area contributed by atoms with Gasteiger partial charge in [-0.05, 0) is 50.4 Å². The van der Waals surface area contributed by atoms with Crippen LogP contribution in [0.5, 0.6) is 0 Å². The van der Waals surface area contributed by atoms with Crippen molar-refractivity contribution in [3.05, 3.63) is 59.9 Å². The minimum absolute atomic E-state index is 0.182. The number of likely N-dealkylation sites (tertiary alicyclic amines) is 1. The molecule has 2 heterocycles. The van der Waals surface area contributed by atoms with Gasteiger partial charge in [-0.15, -0.1) is 0 Å². The average Bonchev–Trinajstić information content (AvgIpc) is 3.01. The van der Waals surface area contributed by atoms with E-state index in [2.05, 4.69) is 39.7 Å². The van der Waals surface area contributed by atoms with Crippen LogP contribution < -0.4 is 0 Å². The quantitative estimate of drug-likeness (QED) is 0.789. The number of benzene rings is 1. The molecule has 2 aromatic rings. The van der Waals surface area contributed by atoms with Crippen LogP contribution in [0.4, 0.5) is 4.39 Å². The summed E-state index contributed by atoms with van der Waals surface area (Å²) in [4.78, 5) is 6.88. The highest BCUT2D eigenvalue weighted by molar-refractivity contribution is 5.48. The molecule has 1 aliphatic heterocycles. The number of aryl methyl sites for hydroxylation is 2. The fraction of sp³-hybridized carbons (Fsp3) is 0.450. The van der Waals surface area contributed by atoms with Crippen molar-refractivity contribution < 1.29 is 4.39 Å². The second kappa shape index (κ2) is 8.25. The Bertz CT molecular complexity index is 660. The predicted octanol–water partition coefficient (Wildman–Crippen LogP) is 4.29. The predicted molar refractivity (Wildman–Crippen MR) is 96.2 cm³/mol. The molecule has 4 heteroatoms. The molecule has 1 atom stereocenters. The van der Waals surface area contributed by atoms with E-state index >= 15 is 0 Å². The Labute approximate surface area is 143 Å². The van der Waals surface area contributed by atoms with Crippen molar-refractivity contribution in [2.24, 2.45) is 0 Å². The minimum atomic E-state index is -0.182. The van der Waals surface area contributed by atoms with Crippen LogP contribution in [0.3, 0.4) is 0 Å². The van der Waals surface area contributed by atoms with Gasteiger partial charge in [0.25, 0.3) is 0 Å². The molecule has 1 unspecified atom stereocenters. The van der Waals surface area contributed by atoms with Gasteiger partial charge in [-0.3, -0.25) is 4.90 Å². The van der Waals surface area contributed by atoms with Crippen molar-refractivity contribution in [1.82, 2.24) is 14.5 Å². The lowest BCUT2D eigenvalue weighted by atomic mass is 9.99. The normalized spacial score (nSPS) is 19.2. The number of hydrogen-bond donors (Lipinski definition) is 0. The first kappa shape index (κ1) is 16.9. The van der Waals surface area contributed by atoms with Crippen LogP contribution >= 0.6 is 0 Å². The largest absolute Gasteiger partial charge is 0.335 e. The Morgan fingerprint density at radius 2 is 2.08 bits per heavy atom. The summed E-state index contributed by atoms with van der Waals surface area (Å²) in [6.45, 7) is 5.23. The van der Waals surface area contributed by atoms with Crippen LogP contribution in [0.1, 0.15) is 37.1 Å². The first-order valence-corrected chi connectivity index (χ1v) is 8.86. The van der Waals surface area contributed by atoms with E-state index in [1.54, 1.807) is 0 Å². The standard InChI is InChI=1S/C20H26FN3/c1-17-22-12-16-23(17)15-11-20-6-2-3-13-24(20)14-4-5-18-7-9-19(21)10-8-18/h4-5,7-10,12,16,20H,2-3,6,11,13-15H2,1H3. The van der Waals surface area contributed by atoms with E-state index in [0.717, 1.165) is 24.5 Å². The minimum Gasteiger partial charge on any atom is -0.335 e. The van der Waals surface area contributed by atoms with E-state index in [1.807, 2.05) is 18.3 Å². The summed E-state index contributed by atoms with van der Waals surface area (Å²) in [5.41, 5.74) is 1.05. The topological polar surface area (TPSA) is 21.1 Å². The molecule has 0 saturated carbocycles. The smallest absolute Gasteiger partial charge is 0.123 e. The lowest BCUT2D eigenvalue weighted by molar-refractivity contribution is 0.152. The summed E-state index contributed by atoms with van der Waals surface area (Å²) < 4.78 is 15.2. The molecule has 0 radical (unpaired) electrons. The maximum atomic E-state index is 12.9. The molecule has 0 bridgehead atoms. The van der Waals surface area contributed by atoms with Gasteiger partial charge in [0.1, 0.15) is 11.6 Å². The number of imidazole rings is 1. The van der Waals surface area contributed by atoms with Crippen molar-refractivity contribution in [1.29, 1.82) is 0 Å². The van der Waals surface area contributed by atoms with E-state index in [9.17, 15) is 4.39 Å². The molecule has 0 spiro atoms. The van der Waals surface area contributed by atoms with E-state index in [-0.39, 0.29) is 5.82 Å². The van der Waals surface area contributed by atoms with Gasteiger partial charge in [-0.1, -0.05) is 30.7 Å². The Balaban J connectivity index is 1.54. The summed E-state index contributed by atoms with van der Waals surface area (Å²) in [5.74, 6) is 0.909. The summed E-state index contributed by atoms with van der Waals surface area (Å²) in [6, 6.07) is 7.30. The highest BCUT2D eigenvalue weighted by Crippen LogP contribution is 2.20. The number of piperidine rings is 1. The molecule has 0 aliphatic carbocycles. The lowest BCUT2D eigenvalue weighted by Gasteiger charge is -2.35. The Morgan fingerprint density at radius 1 is 1.25 bits per heavy atom. The molecule has 3 nitrogen and oxygen atoms in total. The van der Waals surface area contributed by atoms with Gasteiger partial charge in [0.05, 0.1) is 0 Å². The lowest BCUT2D eigenvalue weighted by Crippen LogP contribution is -2.40. The van der Waals surface area contributed by atoms with Crippen LogP contribution in [-0.4, -0.2) is 33.6 Å². The molecular formula is C20H26FN3. The molecular weight excluding hydrogens is 301 g/mol. The number of nitrogens with zero attached hydrogens (tertiary/aromatic N) is 3. The van der Waals surface area contributed by atoms with Crippen LogP contribution in [0.2, 0.25) is 0 Å². The van der Waals surface area contributed by atoms with Crippen LogP contribution in [0, 0.1) is 12.7 Å². The van der Waals surface area contributed by atoms with Crippen molar-refractivity contribution in [2.45, 2.75) is 45.2 Å². The van der Waals surface area contributed by atoms with Crippen molar-refractivity contribution >= 4 is 6.08 Å². The molecule has 0 amide bonds. The van der Waals surface area contributed by atoms with Gasteiger partial charge in [-0.2, -0.15) is 0 Å². The zero-order valence-corrected chi connectivity index (χ0v) is 14.4. The van der Waals surface area contributed by atoms with Crippen molar-refractivity contribution in [3.8, 4) is 0 Å². The van der Waals surface area contributed by atoms with Crippen molar-refractivity contribution in [3.63, 3.8) is 0 Å². The number of halogens is 1. The highest BCUT2D eigenvalue weighted by Gasteiger charge is 2.21. The third-order valence-corrected chi connectivity index (χ3v) is 4.90. The summed E-state index contributed by atoms with van der Waals surface area (Å²) in [5, 5.41) is 0. The SMILES string of the molecule is Cc1nccn1CCC1CCCCN1CC=Cc1ccc(F)cc1. The third kappa shape index (κ3) is 4.54. The third-order valence-electron chi connectivity index (χ3n) is 4.90. The number of hydrogen-bond acceptors (Lipinski definition) is 2. The molecule has 0 N–H and O–H groups in total. The number of aromatic nitrogens is 2. The fourth-order valence-corrected chi connectivity index (χ4v) is 3.45. The van der Waals surface area contributed by atoms with Gasteiger partial charge in [-0.25, -0.2) is 9.37 Å². The number of rotatable bonds is 6. The molecule has 1 saturated heterocycles. The first-order chi connectivity index (χ1) is 11.7. The van der Waals surface area contributed by atoms with Gasteiger partial charge < -0.3 is 4.57 Å². The van der Waals surface area contributed by atoms with Gasteiger partial charge in [0.2, 0.25) is 0 Å². The molecule has 24 heavy (non-hydrogen) atoms. The zero-order valence-electron chi connectivity index (χ0n) is 14.4. The Hall–Kier alpha value is -1.94. The Morgan fingerprint density at radius 3 is 2.83 bits per heavy atom. The van der Waals surface area contributed by atoms with Gasteiger partial charge >= 0.3 is 0 Å².